The summed E-state index contributed by atoms with van der Waals surface area (Å²) in [6, 6.07) is 6.50. The minimum atomic E-state index is -0.283. The first-order valence-corrected chi connectivity index (χ1v) is 8.44. The SMILES string of the molecule is CC(C)(CNC(=O)CSc1ccccc1F)N1CCOCC1. The summed E-state index contributed by atoms with van der Waals surface area (Å²) < 4.78 is 18.8. The molecule has 0 aliphatic carbocycles. The van der Waals surface area contributed by atoms with Crippen molar-refractivity contribution in [1.29, 1.82) is 0 Å². The number of amides is 1. The van der Waals surface area contributed by atoms with Crippen LogP contribution in [0.1, 0.15) is 13.8 Å². The lowest BCUT2D eigenvalue weighted by Gasteiger charge is -2.40. The van der Waals surface area contributed by atoms with Gasteiger partial charge in [0, 0.05) is 30.1 Å². The number of rotatable bonds is 6. The molecule has 0 radical (unpaired) electrons. The van der Waals surface area contributed by atoms with E-state index >= 15 is 0 Å². The summed E-state index contributed by atoms with van der Waals surface area (Å²) in [5.74, 6) is -0.135. The zero-order valence-electron chi connectivity index (χ0n) is 13.1. The van der Waals surface area contributed by atoms with Crippen LogP contribution in [0.3, 0.4) is 0 Å². The highest BCUT2D eigenvalue weighted by Crippen LogP contribution is 2.21. The van der Waals surface area contributed by atoms with Gasteiger partial charge in [-0.3, -0.25) is 9.69 Å². The summed E-state index contributed by atoms with van der Waals surface area (Å²) in [5.41, 5.74) is -0.109. The molecule has 0 spiro atoms. The van der Waals surface area contributed by atoms with E-state index in [1.54, 1.807) is 18.2 Å². The van der Waals surface area contributed by atoms with Crippen LogP contribution in [-0.2, 0) is 9.53 Å². The van der Waals surface area contributed by atoms with Gasteiger partial charge in [-0.25, -0.2) is 4.39 Å². The maximum absolute atomic E-state index is 13.5. The monoisotopic (exact) mass is 326 g/mol. The van der Waals surface area contributed by atoms with Crippen LogP contribution in [0.4, 0.5) is 4.39 Å². The van der Waals surface area contributed by atoms with E-state index in [9.17, 15) is 9.18 Å². The van der Waals surface area contributed by atoms with Crippen molar-refractivity contribution in [3.05, 3.63) is 30.1 Å². The predicted molar refractivity (Wildman–Crippen MR) is 86.6 cm³/mol. The summed E-state index contributed by atoms with van der Waals surface area (Å²) in [6.45, 7) is 8.04. The molecule has 22 heavy (non-hydrogen) atoms. The van der Waals surface area contributed by atoms with Gasteiger partial charge >= 0.3 is 0 Å². The smallest absolute Gasteiger partial charge is 0.230 e. The number of nitrogens with zero attached hydrogens (tertiary/aromatic N) is 1. The lowest BCUT2D eigenvalue weighted by Crippen LogP contribution is -2.55. The van der Waals surface area contributed by atoms with E-state index < -0.39 is 0 Å². The maximum atomic E-state index is 13.5. The third kappa shape index (κ3) is 4.97. The van der Waals surface area contributed by atoms with Crippen LogP contribution in [0.25, 0.3) is 0 Å². The van der Waals surface area contributed by atoms with Crippen molar-refractivity contribution in [3.63, 3.8) is 0 Å². The summed E-state index contributed by atoms with van der Waals surface area (Å²) in [4.78, 5) is 14.8. The highest BCUT2D eigenvalue weighted by molar-refractivity contribution is 8.00. The molecule has 1 heterocycles. The average molecular weight is 326 g/mol. The standard InChI is InChI=1S/C16H23FN2O2S/c1-16(2,19-7-9-21-10-8-19)12-18-15(20)11-22-14-6-4-3-5-13(14)17/h3-6H,7-12H2,1-2H3,(H,18,20). The Bertz CT molecular complexity index is 505. The van der Waals surface area contributed by atoms with Gasteiger partial charge in [0.1, 0.15) is 5.82 Å². The fourth-order valence-electron chi connectivity index (χ4n) is 2.35. The number of halogens is 1. The van der Waals surface area contributed by atoms with E-state index in [1.807, 2.05) is 0 Å². The van der Waals surface area contributed by atoms with Gasteiger partial charge in [-0.1, -0.05) is 12.1 Å². The Balaban J connectivity index is 1.76. The van der Waals surface area contributed by atoms with E-state index in [0.29, 0.717) is 11.4 Å². The number of carbonyl (C=O) groups excluding carboxylic acids is 1. The number of carbonyl (C=O) groups is 1. The number of nitrogens with one attached hydrogen (secondary N) is 1. The van der Waals surface area contributed by atoms with Gasteiger partial charge in [0.15, 0.2) is 0 Å². The van der Waals surface area contributed by atoms with Crippen molar-refractivity contribution in [2.24, 2.45) is 0 Å². The number of hydrogen-bond acceptors (Lipinski definition) is 4. The van der Waals surface area contributed by atoms with Crippen LogP contribution in [0, 0.1) is 5.82 Å². The second-order valence-electron chi connectivity index (χ2n) is 5.91. The molecule has 4 nitrogen and oxygen atoms in total. The van der Waals surface area contributed by atoms with Crippen LogP contribution < -0.4 is 5.32 Å². The third-order valence-electron chi connectivity index (χ3n) is 3.78. The number of morpholine rings is 1. The quantitative estimate of drug-likeness (QED) is 0.814. The Morgan fingerprint density at radius 2 is 2.05 bits per heavy atom. The van der Waals surface area contributed by atoms with E-state index in [-0.39, 0.29) is 23.0 Å². The molecule has 122 valence electrons. The first-order chi connectivity index (χ1) is 10.5. The van der Waals surface area contributed by atoms with E-state index in [0.717, 1.165) is 26.3 Å². The summed E-state index contributed by atoms with van der Waals surface area (Å²) in [5, 5.41) is 2.95. The normalized spacial score (nSPS) is 16.5. The maximum Gasteiger partial charge on any atom is 0.230 e. The van der Waals surface area contributed by atoms with Crippen LogP contribution in [0.2, 0.25) is 0 Å². The molecule has 1 aromatic carbocycles. The van der Waals surface area contributed by atoms with Gasteiger partial charge in [-0.2, -0.15) is 0 Å². The first kappa shape index (κ1) is 17.2. The Morgan fingerprint density at radius 1 is 1.36 bits per heavy atom. The number of benzene rings is 1. The zero-order valence-corrected chi connectivity index (χ0v) is 13.9. The predicted octanol–water partition coefficient (Wildman–Crippen LogP) is 2.14. The Morgan fingerprint density at radius 3 is 2.73 bits per heavy atom. The number of ether oxygens (including phenoxy) is 1. The van der Waals surface area contributed by atoms with Crippen molar-refractivity contribution in [1.82, 2.24) is 10.2 Å². The third-order valence-corrected chi connectivity index (χ3v) is 4.83. The van der Waals surface area contributed by atoms with Gasteiger partial charge in [0.05, 0.1) is 19.0 Å². The number of thioether (sulfide) groups is 1. The van der Waals surface area contributed by atoms with Crippen LogP contribution in [0.5, 0.6) is 0 Å². The van der Waals surface area contributed by atoms with Crippen LogP contribution >= 0.6 is 11.8 Å². The minimum Gasteiger partial charge on any atom is -0.379 e. The molecular weight excluding hydrogens is 303 g/mol. The summed E-state index contributed by atoms with van der Waals surface area (Å²) in [7, 11) is 0. The van der Waals surface area contributed by atoms with Crippen LogP contribution in [-0.4, -0.2) is 54.9 Å². The average Bonchev–Trinajstić information content (AvgIpc) is 2.53. The Labute approximate surface area is 135 Å². The molecule has 0 unspecified atom stereocenters. The van der Waals surface area contributed by atoms with E-state index in [2.05, 4.69) is 24.1 Å². The lowest BCUT2D eigenvalue weighted by atomic mass is 10.0. The fourth-order valence-corrected chi connectivity index (χ4v) is 3.12. The molecule has 0 atom stereocenters. The highest BCUT2D eigenvalue weighted by Gasteiger charge is 2.28. The van der Waals surface area contributed by atoms with Gasteiger partial charge in [-0.15, -0.1) is 11.8 Å². The number of hydrogen-bond donors (Lipinski definition) is 1. The van der Waals surface area contributed by atoms with Crippen molar-refractivity contribution >= 4 is 17.7 Å². The molecule has 1 saturated heterocycles. The second-order valence-corrected chi connectivity index (χ2v) is 6.92. The highest BCUT2D eigenvalue weighted by atomic mass is 32.2. The minimum absolute atomic E-state index is 0.0745. The molecule has 1 amide bonds. The van der Waals surface area contributed by atoms with E-state index in [4.69, 9.17) is 4.74 Å². The summed E-state index contributed by atoms with van der Waals surface area (Å²) in [6.07, 6.45) is 0. The van der Waals surface area contributed by atoms with Crippen LogP contribution in [0.15, 0.2) is 29.2 Å². The molecule has 1 fully saturated rings. The first-order valence-electron chi connectivity index (χ1n) is 7.46. The topological polar surface area (TPSA) is 41.6 Å². The molecule has 1 N–H and O–H groups in total. The molecule has 0 aromatic heterocycles. The van der Waals surface area contributed by atoms with Gasteiger partial charge < -0.3 is 10.1 Å². The Hall–Kier alpha value is -1.11. The molecule has 6 heteroatoms. The molecule has 1 aliphatic heterocycles. The van der Waals surface area contributed by atoms with Crippen molar-refractivity contribution in [2.75, 3.05) is 38.6 Å². The second kappa shape index (κ2) is 7.94. The lowest BCUT2D eigenvalue weighted by molar-refractivity contribution is -0.119. The van der Waals surface area contributed by atoms with E-state index in [1.165, 1.54) is 17.8 Å². The molecule has 1 aromatic rings. The molecule has 2 rings (SSSR count). The Kier molecular flexibility index (Phi) is 6.23. The molecule has 0 bridgehead atoms. The fraction of sp³-hybridized carbons (Fsp3) is 0.562. The van der Waals surface area contributed by atoms with Crippen molar-refractivity contribution < 1.29 is 13.9 Å². The molecule has 1 aliphatic rings. The molecular formula is C16H23FN2O2S. The van der Waals surface area contributed by atoms with Crippen molar-refractivity contribution in [2.45, 2.75) is 24.3 Å². The van der Waals surface area contributed by atoms with Gasteiger partial charge in [-0.05, 0) is 26.0 Å². The largest absolute Gasteiger partial charge is 0.379 e. The van der Waals surface area contributed by atoms with Gasteiger partial charge in [0.25, 0.3) is 0 Å². The van der Waals surface area contributed by atoms with Gasteiger partial charge in [0.2, 0.25) is 5.91 Å². The van der Waals surface area contributed by atoms with Crippen molar-refractivity contribution in [3.8, 4) is 0 Å². The summed E-state index contributed by atoms with van der Waals surface area (Å²) >= 11 is 1.22. The zero-order chi connectivity index (χ0) is 16.0. The molecule has 0 saturated carbocycles.